The molecule has 2 heterocycles. The minimum Gasteiger partial charge on any atom is -0.497 e. The molecule has 0 amide bonds. The molecule has 0 saturated carbocycles. The van der Waals surface area contributed by atoms with Crippen molar-refractivity contribution in [2.24, 2.45) is 0 Å². The van der Waals surface area contributed by atoms with Gasteiger partial charge in [0.15, 0.2) is 0 Å². The third-order valence-electron chi connectivity index (χ3n) is 4.45. The molecule has 0 fully saturated rings. The Morgan fingerprint density at radius 1 is 1.21 bits per heavy atom. The maximum absolute atomic E-state index is 12.8. The minimum atomic E-state index is -3.93. The molecule has 154 valence electrons. The zero-order chi connectivity index (χ0) is 21.2. The van der Waals surface area contributed by atoms with Crippen molar-refractivity contribution in [3.05, 3.63) is 58.0 Å². The quantitative estimate of drug-likeness (QED) is 0.573. The van der Waals surface area contributed by atoms with Gasteiger partial charge in [0.25, 0.3) is 0 Å². The molecule has 29 heavy (non-hydrogen) atoms. The first-order valence-corrected chi connectivity index (χ1v) is 11.0. The van der Waals surface area contributed by atoms with Gasteiger partial charge in [0.2, 0.25) is 10.0 Å². The second-order valence-electron chi connectivity index (χ2n) is 6.24. The van der Waals surface area contributed by atoms with Crippen LogP contribution in [0.4, 0.5) is 0 Å². The molecular formula is C19H21N3O5S2. The topological polar surface area (TPSA) is 99.5 Å². The minimum absolute atomic E-state index is 0.0397. The van der Waals surface area contributed by atoms with Crippen molar-refractivity contribution in [2.45, 2.75) is 24.8 Å². The van der Waals surface area contributed by atoms with Gasteiger partial charge in [0, 0.05) is 17.3 Å². The second kappa shape index (κ2) is 8.36. The van der Waals surface area contributed by atoms with Crippen LogP contribution in [0.3, 0.4) is 0 Å². The Balaban J connectivity index is 1.86. The first-order chi connectivity index (χ1) is 13.8. The van der Waals surface area contributed by atoms with Gasteiger partial charge < -0.3 is 9.47 Å². The highest BCUT2D eigenvalue weighted by atomic mass is 32.2. The summed E-state index contributed by atoms with van der Waals surface area (Å²) >= 11 is 1.02. The van der Waals surface area contributed by atoms with Crippen LogP contribution in [-0.2, 0) is 14.8 Å². The lowest BCUT2D eigenvalue weighted by Gasteiger charge is -2.15. The molecule has 2 aromatic heterocycles. The Morgan fingerprint density at radius 2 is 1.90 bits per heavy atom. The van der Waals surface area contributed by atoms with E-state index in [1.54, 1.807) is 30.3 Å². The van der Waals surface area contributed by atoms with Crippen molar-refractivity contribution in [1.29, 1.82) is 0 Å². The molecule has 1 aromatic carbocycles. The standard InChI is InChI=1S/C19H21N3O5S2/c1-12(21-29(24,25)17-9-10-28-18(17)19(23)27-4)16-11-20-22(13(16)2)14-5-7-15(26-3)8-6-14/h5-12,21H,1-4H3/t12-/m0/s1. The summed E-state index contributed by atoms with van der Waals surface area (Å²) in [4.78, 5) is 11.8. The Labute approximate surface area is 173 Å². The Bertz CT molecular complexity index is 1120. The van der Waals surface area contributed by atoms with Gasteiger partial charge in [-0.3, -0.25) is 0 Å². The van der Waals surface area contributed by atoms with Crippen LogP contribution in [0.2, 0.25) is 0 Å². The molecular weight excluding hydrogens is 414 g/mol. The van der Waals surface area contributed by atoms with Crippen LogP contribution >= 0.6 is 11.3 Å². The predicted octanol–water partition coefficient (Wildman–Crippen LogP) is 3.08. The van der Waals surface area contributed by atoms with E-state index in [1.807, 2.05) is 31.2 Å². The number of sulfonamides is 1. The predicted molar refractivity (Wildman–Crippen MR) is 109 cm³/mol. The first kappa shape index (κ1) is 21.0. The number of nitrogens with zero attached hydrogens (tertiary/aromatic N) is 2. The van der Waals surface area contributed by atoms with Crippen molar-refractivity contribution < 1.29 is 22.7 Å². The molecule has 0 aliphatic carbocycles. The van der Waals surface area contributed by atoms with Crippen LogP contribution in [0, 0.1) is 6.92 Å². The molecule has 0 bridgehead atoms. The monoisotopic (exact) mass is 435 g/mol. The average molecular weight is 436 g/mol. The van der Waals surface area contributed by atoms with E-state index in [1.165, 1.54) is 13.2 Å². The SMILES string of the molecule is COC(=O)c1sccc1S(=O)(=O)N[C@@H](C)c1cnn(-c2ccc(OC)cc2)c1C. The summed E-state index contributed by atoms with van der Waals surface area (Å²) in [5.41, 5.74) is 2.35. The van der Waals surface area contributed by atoms with Crippen molar-refractivity contribution in [3.8, 4) is 11.4 Å². The largest absolute Gasteiger partial charge is 0.497 e. The fraction of sp³-hybridized carbons (Fsp3) is 0.263. The van der Waals surface area contributed by atoms with Gasteiger partial charge in [-0.25, -0.2) is 22.6 Å². The number of hydrogen-bond acceptors (Lipinski definition) is 7. The molecule has 0 saturated heterocycles. The maximum atomic E-state index is 12.8. The van der Waals surface area contributed by atoms with Gasteiger partial charge >= 0.3 is 5.97 Å². The van der Waals surface area contributed by atoms with Crippen LogP contribution in [0.1, 0.15) is 33.9 Å². The summed E-state index contributed by atoms with van der Waals surface area (Å²) in [6.45, 7) is 3.59. The summed E-state index contributed by atoms with van der Waals surface area (Å²) in [6, 6.07) is 8.22. The van der Waals surface area contributed by atoms with E-state index < -0.39 is 22.0 Å². The van der Waals surface area contributed by atoms with E-state index >= 15 is 0 Å². The van der Waals surface area contributed by atoms with E-state index in [0.717, 1.165) is 34.0 Å². The fourth-order valence-electron chi connectivity index (χ4n) is 2.94. The summed E-state index contributed by atoms with van der Waals surface area (Å²) in [6.07, 6.45) is 1.63. The first-order valence-electron chi connectivity index (χ1n) is 8.65. The molecule has 0 aliphatic heterocycles. The number of esters is 1. The van der Waals surface area contributed by atoms with Crippen LogP contribution in [-0.4, -0.2) is 38.4 Å². The molecule has 10 heteroatoms. The van der Waals surface area contributed by atoms with E-state index in [9.17, 15) is 13.2 Å². The highest BCUT2D eigenvalue weighted by Crippen LogP contribution is 2.26. The number of methoxy groups -OCH3 is 2. The van der Waals surface area contributed by atoms with Gasteiger partial charge in [0.1, 0.15) is 15.5 Å². The van der Waals surface area contributed by atoms with E-state index in [-0.39, 0.29) is 9.77 Å². The number of benzene rings is 1. The number of aromatic nitrogens is 2. The van der Waals surface area contributed by atoms with Crippen LogP contribution in [0.5, 0.6) is 5.75 Å². The molecule has 0 spiro atoms. The Kier molecular flexibility index (Phi) is 6.06. The number of thiophene rings is 1. The summed E-state index contributed by atoms with van der Waals surface area (Å²) in [5.74, 6) is 0.0496. The number of ether oxygens (including phenoxy) is 2. The van der Waals surface area contributed by atoms with Gasteiger partial charge in [-0.05, 0) is 49.6 Å². The number of carbonyl (C=O) groups excluding carboxylic acids is 1. The van der Waals surface area contributed by atoms with Crippen molar-refractivity contribution in [2.75, 3.05) is 14.2 Å². The summed E-state index contributed by atoms with van der Waals surface area (Å²) in [5, 5.41) is 5.92. The molecule has 0 radical (unpaired) electrons. The van der Waals surface area contributed by atoms with Crippen LogP contribution < -0.4 is 9.46 Å². The number of hydrogen-bond donors (Lipinski definition) is 1. The number of nitrogens with one attached hydrogen (secondary N) is 1. The van der Waals surface area contributed by atoms with Crippen LogP contribution in [0.15, 0.2) is 46.8 Å². The van der Waals surface area contributed by atoms with Gasteiger partial charge in [-0.1, -0.05) is 0 Å². The highest BCUT2D eigenvalue weighted by molar-refractivity contribution is 7.89. The molecule has 3 aromatic rings. The van der Waals surface area contributed by atoms with E-state index in [4.69, 9.17) is 4.74 Å². The lowest BCUT2D eigenvalue weighted by molar-refractivity contribution is 0.0602. The van der Waals surface area contributed by atoms with Gasteiger partial charge in [-0.15, -0.1) is 11.3 Å². The average Bonchev–Trinajstić information content (AvgIpc) is 3.34. The summed E-state index contributed by atoms with van der Waals surface area (Å²) < 4.78 is 39.8. The maximum Gasteiger partial charge on any atom is 0.349 e. The zero-order valence-electron chi connectivity index (χ0n) is 16.4. The number of rotatable bonds is 7. The smallest absolute Gasteiger partial charge is 0.349 e. The van der Waals surface area contributed by atoms with E-state index in [2.05, 4.69) is 14.6 Å². The fourth-order valence-corrected chi connectivity index (χ4v) is 5.50. The number of carbonyl (C=O) groups is 1. The molecule has 0 unspecified atom stereocenters. The molecule has 3 rings (SSSR count). The summed E-state index contributed by atoms with van der Waals surface area (Å²) in [7, 11) is -1.12. The van der Waals surface area contributed by atoms with Crippen molar-refractivity contribution in [3.63, 3.8) is 0 Å². The Morgan fingerprint density at radius 3 is 2.52 bits per heavy atom. The third kappa shape index (κ3) is 4.19. The normalized spacial score (nSPS) is 12.6. The van der Waals surface area contributed by atoms with Crippen LogP contribution in [0.25, 0.3) is 5.69 Å². The van der Waals surface area contributed by atoms with Gasteiger partial charge in [-0.2, -0.15) is 5.10 Å². The van der Waals surface area contributed by atoms with Crippen molar-refractivity contribution >= 4 is 27.3 Å². The second-order valence-corrected chi connectivity index (χ2v) is 8.84. The molecule has 1 N–H and O–H groups in total. The molecule has 1 atom stereocenters. The molecule has 0 aliphatic rings. The zero-order valence-corrected chi connectivity index (χ0v) is 18.0. The molecule has 8 nitrogen and oxygen atoms in total. The Hall–Kier alpha value is -2.69. The van der Waals surface area contributed by atoms with E-state index in [0.29, 0.717) is 0 Å². The third-order valence-corrected chi connectivity index (χ3v) is 7.06. The van der Waals surface area contributed by atoms with Crippen molar-refractivity contribution in [1.82, 2.24) is 14.5 Å². The highest BCUT2D eigenvalue weighted by Gasteiger charge is 2.27. The lowest BCUT2D eigenvalue weighted by Crippen LogP contribution is -2.28. The lowest BCUT2D eigenvalue weighted by atomic mass is 10.1. The van der Waals surface area contributed by atoms with Gasteiger partial charge in [0.05, 0.1) is 26.1 Å².